The van der Waals surface area contributed by atoms with Crippen molar-refractivity contribution in [3.8, 4) is 0 Å². The number of pyridine rings is 1. The molecule has 0 radical (unpaired) electrons. The number of aromatic nitrogens is 1. The number of nitrogens with one attached hydrogen (secondary N) is 1. The first-order chi connectivity index (χ1) is 7.06. The maximum atomic E-state index is 11.7. The average molecular weight is 249 g/mol. The first-order valence-electron chi connectivity index (χ1n) is 4.52. The number of sulfonamides is 1. The second-order valence-corrected chi connectivity index (χ2v) is 5.38. The first-order valence-corrected chi connectivity index (χ1v) is 6.53. The highest BCUT2D eigenvalue weighted by molar-refractivity contribution is 7.89. The quantitative estimate of drug-likeness (QED) is 0.798. The molecular weight excluding hydrogens is 236 g/mol. The van der Waals surface area contributed by atoms with E-state index in [-0.39, 0.29) is 10.8 Å². The fraction of sp³-hybridized carbons (Fsp3) is 0.444. The molecule has 15 heavy (non-hydrogen) atoms. The smallest absolute Gasteiger partial charge is 0.242 e. The van der Waals surface area contributed by atoms with E-state index in [4.69, 9.17) is 11.6 Å². The van der Waals surface area contributed by atoms with E-state index in [9.17, 15) is 8.42 Å². The van der Waals surface area contributed by atoms with Crippen LogP contribution in [0.15, 0.2) is 29.4 Å². The minimum absolute atomic E-state index is 0.109. The minimum Gasteiger partial charge on any atom is -0.263 e. The Morgan fingerprint density at radius 1 is 1.60 bits per heavy atom. The summed E-state index contributed by atoms with van der Waals surface area (Å²) in [5, 5.41) is 0. The van der Waals surface area contributed by atoms with Crippen molar-refractivity contribution in [2.75, 3.05) is 12.4 Å². The highest BCUT2D eigenvalue weighted by Crippen LogP contribution is 2.06. The molecule has 0 saturated carbocycles. The van der Waals surface area contributed by atoms with E-state index in [1.54, 1.807) is 6.07 Å². The summed E-state index contributed by atoms with van der Waals surface area (Å²) in [7, 11) is -3.44. The van der Waals surface area contributed by atoms with Gasteiger partial charge in [-0.05, 0) is 18.1 Å². The normalized spacial score (nSPS) is 13.7. The van der Waals surface area contributed by atoms with Gasteiger partial charge in [-0.1, -0.05) is 6.92 Å². The zero-order valence-electron chi connectivity index (χ0n) is 8.35. The third-order valence-electron chi connectivity index (χ3n) is 1.83. The molecule has 0 bridgehead atoms. The number of nitrogens with zero attached hydrogens (tertiary/aromatic N) is 1. The number of hydrogen-bond acceptors (Lipinski definition) is 3. The van der Waals surface area contributed by atoms with Gasteiger partial charge in [-0.3, -0.25) is 4.98 Å². The van der Waals surface area contributed by atoms with Gasteiger partial charge in [0.15, 0.2) is 0 Å². The summed E-state index contributed by atoms with van der Waals surface area (Å²) in [6, 6.07) is 3.08. The summed E-state index contributed by atoms with van der Waals surface area (Å²) in [6.07, 6.45) is 2.84. The standard InChI is InChI=1S/C9H13ClN2O2S/c1-8(5-10)6-12-15(13,14)9-3-2-4-11-7-9/h2-4,7-8,12H,5-6H2,1H3. The second kappa shape index (κ2) is 5.44. The first kappa shape index (κ1) is 12.4. The number of rotatable bonds is 5. The maximum absolute atomic E-state index is 11.7. The van der Waals surface area contributed by atoms with E-state index in [2.05, 4.69) is 9.71 Å². The van der Waals surface area contributed by atoms with Crippen LogP contribution in [-0.4, -0.2) is 25.8 Å². The molecule has 0 aromatic carbocycles. The Hall–Kier alpha value is -0.650. The van der Waals surface area contributed by atoms with E-state index < -0.39 is 10.0 Å². The summed E-state index contributed by atoms with van der Waals surface area (Å²) in [6.45, 7) is 2.21. The van der Waals surface area contributed by atoms with Gasteiger partial charge in [0.2, 0.25) is 10.0 Å². The van der Waals surface area contributed by atoms with Gasteiger partial charge in [-0.25, -0.2) is 13.1 Å². The van der Waals surface area contributed by atoms with Crippen molar-refractivity contribution in [1.29, 1.82) is 0 Å². The molecule has 1 aromatic heterocycles. The molecule has 84 valence electrons. The molecular formula is C9H13ClN2O2S. The van der Waals surface area contributed by atoms with Crippen molar-refractivity contribution in [3.05, 3.63) is 24.5 Å². The van der Waals surface area contributed by atoms with Crippen LogP contribution in [-0.2, 0) is 10.0 Å². The van der Waals surface area contributed by atoms with Crippen LogP contribution in [0.5, 0.6) is 0 Å². The predicted molar refractivity (Wildman–Crippen MR) is 59.3 cm³/mol. The third kappa shape index (κ3) is 3.77. The van der Waals surface area contributed by atoms with Crippen molar-refractivity contribution in [3.63, 3.8) is 0 Å². The highest BCUT2D eigenvalue weighted by atomic mass is 35.5. The zero-order valence-corrected chi connectivity index (χ0v) is 9.92. The van der Waals surface area contributed by atoms with E-state index in [0.717, 1.165) is 0 Å². The Balaban J connectivity index is 2.69. The molecule has 1 heterocycles. The molecule has 0 saturated heterocycles. The Kier molecular flexibility index (Phi) is 4.50. The van der Waals surface area contributed by atoms with Crippen LogP contribution in [0.3, 0.4) is 0 Å². The molecule has 1 rings (SSSR count). The Morgan fingerprint density at radius 2 is 2.33 bits per heavy atom. The van der Waals surface area contributed by atoms with Crippen molar-refractivity contribution in [2.45, 2.75) is 11.8 Å². The van der Waals surface area contributed by atoms with Crippen molar-refractivity contribution < 1.29 is 8.42 Å². The Labute approximate surface area is 94.7 Å². The van der Waals surface area contributed by atoms with Gasteiger partial charge >= 0.3 is 0 Å². The van der Waals surface area contributed by atoms with Crippen molar-refractivity contribution in [1.82, 2.24) is 9.71 Å². The number of alkyl halides is 1. The molecule has 4 nitrogen and oxygen atoms in total. The summed E-state index contributed by atoms with van der Waals surface area (Å²) < 4.78 is 25.8. The van der Waals surface area contributed by atoms with Gasteiger partial charge in [0, 0.05) is 24.8 Å². The Bertz CT molecular complexity index is 394. The number of halogens is 1. The summed E-state index contributed by atoms with van der Waals surface area (Å²) in [5.41, 5.74) is 0. The van der Waals surface area contributed by atoms with Gasteiger partial charge in [-0.15, -0.1) is 11.6 Å². The van der Waals surface area contributed by atoms with Crippen LogP contribution in [0.2, 0.25) is 0 Å². The average Bonchev–Trinajstić information content (AvgIpc) is 2.27. The molecule has 6 heteroatoms. The molecule has 1 unspecified atom stereocenters. The molecule has 0 amide bonds. The molecule has 0 spiro atoms. The van der Waals surface area contributed by atoms with Crippen molar-refractivity contribution in [2.24, 2.45) is 5.92 Å². The second-order valence-electron chi connectivity index (χ2n) is 3.30. The van der Waals surface area contributed by atoms with Gasteiger partial charge in [0.1, 0.15) is 4.90 Å². The van der Waals surface area contributed by atoms with E-state index in [1.807, 2.05) is 6.92 Å². The molecule has 0 aliphatic carbocycles. The summed E-state index contributed by atoms with van der Waals surface area (Å²) >= 11 is 5.58. The lowest BCUT2D eigenvalue weighted by Crippen LogP contribution is -2.29. The molecule has 0 aliphatic heterocycles. The predicted octanol–water partition coefficient (Wildman–Crippen LogP) is 1.23. The van der Waals surface area contributed by atoms with Crippen LogP contribution < -0.4 is 4.72 Å². The monoisotopic (exact) mass is 248 g/mol. The van der Waals surface area contributed by atoms with Gasteiger partial charge in [0.05, 0.1) is 0 Å². The summed E-state index contributed by atoms with van der Waals surface area (Å²) in [4.78, 5) is 3.93. The maximum Gasteiger partial charge on any atom is 0.242 e. The van der Waals surface area contributed by atoms with Gasteiger partial charge in [-0.2, -0.15) is 0 Å². The largest absolute Gasteiger partial charge is 0.263 e. The zero-order chi connectivity index (χ0) is 11.3. The van der Waals surface area contributed by atoms with Crippen LogP contribution in [0.4, 0.5) is 0 Å². The Morgan fingerprint density at radius 3 is 2.87 bits per heavy atom. The lowest BCUT2D eigenvalue weighted by atomic mass is 10.2. The van der Waals surface area contributed by atoms with Crippen LogP contribution in [0.1, 0.15) is 6.92 Å². The van der Waals surface area contributed by atoms with Crippen LogP contribution >= 0.6 is 11.6 Å². The molecule has 1 aromatic rings. The van der Waals surface area contributed by atoms with E-state index >= 15 is 0 Å². The van der Waals surface area contributed by atoms with Crippen molar-refractivity contribution >= 4 is 21.6 Å². The SMILES string of the molecule is CC(CCl)CNS(=O)(=O)c1cccnc1. The lowest BCUT2D eigenvalue weighted by molar-refractivity contribution is 0.561. The topological polar surface area (TPSA) is 59.1 Å². The number of hydrogen-bond donors (Lipinski definition) is 1. The molecule has 0 aliphatic rings. The highest BCUT2D eigenvalue weighted by Gasteiger charge is 2.14. The minimum atomic E-state index is -3.44. The van der Waals surface area contributed by atoms with E-state index in [1.165, 1.54) is 18.5 Å². The molecule has 1 atom stereocenters. The summed E-state index contributed by atoms with van der Waals surface area (Å²) in [5.74, 6) is 0.536. The molecule has 0 fully saturated rings. The third-order valence-corrected chi connectivity index (χ3v) is 3.77. The van der Waals surface area contributed by atoms with Gasteiger partial charge in [0.25, 0.3) is 0 Å². The fourth-order valence-electron chi connectivity index (χ4n) is 0.896. The fourth-order valence-corrected chi connectivity index (χ4v) is 2.13. The molecule has 1 N–H and O–H groups in total. The van der Waals surface area contributed by atoms with Crippen LogP contribution in [0, 0.1) is 5.92 Å². The van der Waals surface area contributed by atoms with E-state index in [0.29, 0.717) is 12.4 Å². The van der Waals surface area contributed by atoms with Crippen LogP contribution in [0.25, 0.3) is 0 Å². The lowest BCUT2D eigenvalue weighted by Gasteiger charge is -2.09. The van der Waals surface area contributed by atoms with Gasteiger partial charge < -0.3 is 0 Å².